The van der Waals surface area contributed by atoms with E-state index in [1.165, 1.54) is 6.42 Å². The van der Waals surface area contributed by atoms with Gasteiger partial charge in [-0.1, -0.05) is 70.4 Å². The lowest BCUT2D eigenvalue weighted by Crippen LogP contribution is -2.44. The lowest BCUT2D eigenvalue weighted by Gasteiger charge is -2.16. The smallest absolute Gasteiger partial charge is 0.276 e. The van der Waals surface area contributed by atoms with E-state index in [9.17, 15) is 9.59 Å². The van der Waals surface area contributed by atoms with Gasteiger partial charge in [-0.05, 0) is 42.5 Å². The Labute approximate surface area is 185 Å². The predicted molar refractivity (Wildman–Crippen MR) is 122 cm³/mol. The number of hydrazine groups is 1. The molecule has 2 amide bonds. The number of ether oxygens (including phenoxy) is 2. The van der Waals surface area contributed by atoms with E-state index in [1.807, 2.05) is 30.3 Å². The second kappa shape index (κ2) is 13.3. The molecule has 0 aliphatic heterocycles. The topological polar surface area (TPSA) is 76.7 Å². The van der Waals surface area contributed by atoms with Gasteiger partial charge < -0.3 is 9.47 Å². The maximum atomic E-state index is 12.5. The van der Waals surface area contributed by atoms with Gasteiger partial charge in [0.25, 0.3) is 11.8 Å². The minimum absolute atomic E-state index is 0.191. The number of rotatable bonds is 12. The Morgan fingerprint density at radius 2 is 1.58 bits per heavy atom. The van der Waals surface area contributed by atoms with E-state index in [2.05, 4.69) is 31.6 Å². The van der Waals surface area contributed by atoms with E-state index >= 15 is 0 Å². The lowest BCUT2D eigenvalue weighted by atomic mass is 9.98. The first-order chi connectivity index (χ1) is 15.1. The van der Waals surface area contributed by atoms with Crippen LogP contribution in [0.25, 0.3) is 0 Å². The molecule has 0 saturated heterocycles. The Morgan fingerprint density at radius 1 is 0.871 bits per heavy atom. The summed E-state index contributed by atoms with van der Waals surface area (Å²) in [5.41, 5.74) is 6.28. The van der Waals surface area contributed by atoms with E-state index in [0.717, 1.165) is 31.2 Å². The zero-order valence-electron chi connectivity index (χ0n) is 18.8. The van der Waals surface area contributed by atoms with Crippen LogP contribution in [0.3, 0.4) is 0 Å². The van der Waals surface area contributed by atoms with Crippen molar-refractivity contribution in [3.05, 3.63) is 59.7 Å². The first-order valence-electron chi connectivity index (χ1n) is 11.1. The van der Waals surface area contributed by atoms with E-state index in [-0.39, 0.29) is 6.61 Å². The van der Waals surface area contributed by atoms with Crippen molar-refractivity contribution < 1.29 is 19.1 Å². The molecule has 31 heavy (non-hydrogen) atoms. The Bertz CT molecular complexity index is 838. The quantitative estimate of drug-likeness (QED) is 0.370. The highest BCUT2D eigenvalue weighted by Gasteiger charge is 2.14. The second-order valence-corrected chi connectivity index (χ2v) is 7.54. The summed E-state index contributed by atoms with van der Waals surface area (Å²) in [6.45, 7) is 6.75. The number of hydrogen-bond donors (Lipinski definition) is 2. The zero-order chi connectivity index (χ0) is 22.5. The molecule has 0 spiro atoms. The first kappa shape index (κ1) is 24.3. The van der Waals surface area contributed by atoms with Crippen molar-refractivity contribution in [1.82, 2.24) is 10.9 Å². The van der Waals surface area contributed by atoms with Crippen LogP contribution in [0.2, 0.25) is 0 Å². The third kappa shape index (κ3) is 7.96. The minimum atomic E-state index is -0.440. The van der Waals surface area contributed by atoms with Gasteiger partial charge in [-0.15, -0.1) is 0 Å². The van der Waals surface area contributed by atoms with Crippen LogP contribution in [0, 0.1) is 0 Å². The van der Waals surface area contributed by atoms with Gasteiger partial charge in [0.05, 0.1) is 12.2 Å². The summed E-state index contributed by atoms with van der Waals surface area (Å²) < 4.78 is 11.4. The molecule has 0 radical (unpaired) electrons. The normalized spacial score (nSPS) is 11.5. The van der Waals surface area contributed by atoms with E-state index < -0.39 is 11.8 Å². The molecule has 0 heterocycles. The molecule has 0 aliphatic rings. The Kier molecular flexibility index (Phi) is 10.4. The fraction of sp³-hybridized carbons (Fsp3) is 0.440. The Balaban J connectivity index is 1.84. The molecule has 0 aromatic heterocycles. The number of amides is 2. The van der Waals surface area contributed by atoms with Crippen molar-refractivity contribution in [2.75, 3.05) is 13.2 Å². The maximum absolute atomic E-state index is 12.5. The van der Waals surface area contributed by atoms with Crippen molar-refractivity contribution in [2.24, 2.45) is 0 Å². The van der Waals surface area contributed by atoms with Crippen LogP contribution in [-0.2, 0) is 4.79 Å². The predicted octanol–water partition coefficient (Wildman–Crippen LogP) is 5.00. The van der Waals surface area contributed by atoms with Gasteiger partial charge >= 0.3 is 0 Å². The van der Waals surface area contributed by atoms with Gasteiger partial charge in [0.2, 0.25) is 0 Å². The van der Waals surface area contributed by atoms with Crippen LogP contribution < -0.4 is 20.3 Å². The second-order valence-electron chi connectivity index (χ2n) is 7.54. The fourth-order valence-electron chi connectivity index (χ4n) is 3.10. The molecular formula is C25H34N2O4. The number of hydrogen-bond acceptors (Lipinski definition) is 4. The van der Waals surface area contributed by atoms with E-state index in [0.29, 0.717) is 29.6 Å². The zero-order valence-corrected chi connectivity index (χ0v) is 18.8. The molecule has 2 rings (SSSR count). The SMILES string of the molecule is CCCCCCOc1ccccc1C(=O)NNC(=O)COc1ccccc1[C@H](C)CC. The molecule has 2 aromatic rings. The van der Waals surface area contributed by atoms with Crippen LogP contribution in [0.15, 0.2) is 48.5 Å². The van der Waals surface area contributed by atoms with Gasteiger partial charge in [0.1, 0.15) is 11.5 Å². The van der Waals surface area contributed by atoms with Crippen molar-refractivity contribution >= 4 is 11.8 Å². The molecule has 6 nitrogen and oxygen atoms in total. The standard InChI is InChI=1S/C25H34N2O4/c1-4-6-7-12-17-30-23-16-11-9-14-21(23)25(29)27-26-24(28)18-31-22-15-10-8-13-20(22)19(3)5-2/h8-11,13-16,19H,4-7,12,17-18H2,1-3H3,(H,26,28)(H,27,29)/t19-/m1/s1. The molecule has 2 aromatic carbocycles. The maximum Gasteiger partial charge on any atom is 0.276 e. The van der Waals surface area contributed by atoms with Gasteiger partial charge in [-0.3, -0.25) is 20.4 Å². The summed E-state index contributed by atoms with van der Waals surface area (Å²) >= 11 is 0. The summed E-state index contributed by atoms with van der Waals surface area (Å²) in [5.74, 6) is 0.643. The highest BCUT2D eigenvalue weighted by atomic mass is 16.5. The highest BCUT2D eigenvalue weighted by molar-refractivity contribution is 5.97. The molecule has 0 unspecified atom stereocenters. The largest absolute Gasteiger partial charge is 0.493 e. The van der Waals surface area contributed by atoms with Crippen LogP contribution in [0.1, 0.15) is 74.7 Å². The third-order valence-electron chi connectivity index (χ3n) is 5.12. The van der Waals surface area contributed by atoms with Crippen LogP contribution in [-0.4, -0.2) is 25.0 Å². The van der Waals surface area contributed by atoms with E-state index in [1.54, 1.807) is 18.2 Å². The Hall–Kier alpha value is -3.02. The molecule has 2 N–H and O–H groups in total. The van der Waals surface area contributed by atoms with Gasteiger partial charge in [0.15, 0.2) is 6.61 Å². The summed E-state index contributed by atoms with van der Waals surface area (Å²) in [6, 6.07) is 14.7. The monoisotopic (exact) mass is 426 g/mol. The summed E-state index contributed by atoms with van der Waals surface area (Å²) in [5, 5.41) is 0. The van der Waals surface area contributed by atoms with Crippen molar-refractivity contribution in [3.63, 3.8) is 0 Å². The summed E-state index contributed by atoms with van der Waals surface area (Å²) in [4.78, 5) is 24.7. The van der Waals surface area contributed by atoms with Crippen LogP contribution in [0.5, 0.6) is 11.5 Å². The average Bonchev–Trinajstić information content (AvgIpc) is 2.81. The minimum Gasteiger partial charge on any atom is -0.493 e. The van der Waals surface area contributed by atoms with Gasteiger partial charge in [-0.25, -0.2) is 0 Å². The molecule has 1 atom stereocenters. The van der Waals surface area contributed by atoms with Crippen molar-refractivity contribution in [1.29, 1.82) is 0 Å². The third-order valence-corrected chi connectivity index (χ3v) is 5.12. The molecule has 6 heteroatoms. The Morgan fingerprint density at radius 3 is 2.32 bits per heavy atom. The van der Waals surface area contributed by atoms with Crippen LogP contribution >= 0.6 is 0 Å². The number of nitrogens with one attached hydrogen (secondary N) is 2. The van der Waals surface area contributed by atoms with Gasteiger partial charge in [-0.2, -0.15) is 0 Å². The van der Waals surface area contributed by atoms with Gasteiger partial charge in [0, 0.05) is 0 Å². The van der Waals surface area contributed by atoms with Crippen molar-refractivity contribution in [3.8, 4) is 11.5 Å². The summed E-state index contributed by atoms with van der Waals surface area (Å²) in [7, 11) is 0. The first-order valence-corrected chi connectivity index (χ1v) is 11.1. The number of benzene rings is 2. The average molecular weight is 427 g/mol. The molecule has 0 bridgehead atoms. The van der Waals surface area contributed by atoms with Crippen molar-refractivity contribution in [2.45, 2.75) is 58.8 Å². The molecule has 0 aliphatic carbocycles. The highest BCUT2D eigenvalue weighted by Crippen LogP contribution is 2.28. The molecule has 168 valence electrons. The lowest BCUT2D eigenvalue weighted by molar-refractivity contribution is -0.123. The van der Waals surface area contributed by atoms with Crippen LogP contribution in [0.4, 0.5) is 0 Å². The number of carbonyl (C=O) groups excluding carboxylic acids is 2. The number of para-hydroxylation sites is 2. The number of unbranched alkanes of at least 4 members (excludes halogenated alkanes) is 3. The molecule has 0 fully saturated rings. The number of carbonyl (C=O) groups is 2. The molecular weight excluding hydrogens is 392 g/mol. The molecule has 0 saturated carbocycles. The summed E-state index contributed by atoms with van der Waals surface area (Å²) in [6.07, 6.45) is 5.34. The fourth-order valence-corrected chi connectivity index (χ4v) is 3.10. The van der Waals surface area contributed by atoms with E-state index in [4.69, 9.17) is 9.47 Å².